The average molecular weight is 447 g/mol. The second kappa shape index (κ2) is 9.33. The standard InChI is InChI=1S/C22H27F2N5O3/c1-31-10-11-32-21-26-19(25)17-12-18(30)29(20(17)27-21)14-16-4-2-15(3-5-16)13-28-8-6-22(23,24)7-9-28/h2-5H,6-14H2,1H3,(H2,25,26,27). The van der Waals surface area contributed by atoms with E-state index in [1.54, 1.807) is 12.0 Å². The number of nitrogens with two attached hydrogens (primary N) is 1. The van der Waals surface area contributed by atoms with Crippen LogP contribution in [0.5, 0.6) is 6.01 Å². The van der Waals surface area contributed by atoms with Crippen molar-refractivity contribution in [2.75, 3.05) is 44.0 Å². The van der Waals surface area contributed by atoms with E-state index >= 15 is 0 Å². The summed E-state index contributed by atoms with van der Waals surface area (Å²) in [6.07, 6.45) is -0.0371. The maximum Gasteiger partial charge on any atom is 0.320 e. The lowest BCUT2D eigenvalue weighted by Crippen LogP contribution is -2.38. The highest BCUT2D eigenvalue weighted by molar-refractivity contribution is 6.01. The number of fused-ring (bicyclic) bond motifs is 1. The van der Waals surface area contributed by atoms with Crippen LogP contribution in [0.1, 0.15) is 29.5 Å². The Balaban J connectivity index is 1.42. The summed E-state index contributed by atoms with van der Waals surface area (Å²) in [6.45, 7) is 2.42. The SMILES string of the molecule is COCCOc1nc(N)c2c(n1)N(Cc1ccc(CN3CCC(F)(F)CC3)cc1)C(=O)C2. The molecule has 1 amide bonds. The average Bonchev–Trinajstić information content (AvgIpc) is 3.07. The largest absolute Gasteiger partial charge is 0.461 e. The summed E-state index contributed by atoms with van der Waals surface area (Å²) in [7, 11) is 1.57. The summed E-state index contributed by atoms with van der Waals surface area (Å²) in [5.41, 5.74) is 8.61. The van der Waals surface area contributed by atoms with Crippen molar-refractivity contribution in [3.05, 3.63) is 41.0 Å². The molecule has 2 N–H and O–H groups in total. The number of nitrogens with zero attached hydrogens (tertiary/aromatic N) is 4. The molecule has 0 spiro atoms. The van der Waals surface area contributed by atoms with Gasteiger partial charge in [-0.3, -0.25) is 14.6 Å². The zero-order chi connectivity index (χ0) is 22.7. The van der Waals surface area contributed by atoms with Crippen LogP contribution in [0.3, 0.4) is 0 Å². The van der Waals surface area contributed by atoms with E-state index in [-0.39, 0.29) is 43.6 Å². The van der Waals surface area contributed by atoms with Crippen molar-refractivity contribution >= 4 is 17.5 Å². The number of carbonyl (C=O) groups excluding carboxylic acids is 1. The number of halogens is 2. The van der Waals surface area contributed by atoms with Crippen LogP contribution in [0.15, 0.2) is 24.3 Å². The predicted molar refractivity (Wildman–Crippen MR) is 115 cm³/mol. The topological polar surface area (TPSA) is 93.8 Å². The minimum absolute atomic E-state index is 0.0935. The molecule has 10 heteroatoms. The van der Waals surface area contributed by atoms with Crippen molar-refractivity contribution in [3.63, 3.8) is 0 Å². The highest BCUT2D eigenvalue weighted by atomic mass is 19.3. The number of methoxy groups -OCH3 is 1. The number of hydrogen-bond donors (Lipinski definition) is 1. The number of ether oxygens (including phenoxy) is 2. The van der Waals surface area contributed by atoms with E-state index in [2.05, 4.69) is 9.97 Å². The zero-order valence-corrected chi connectivity index (χ0v) is 18.0. The summed E-state index contributed by atoms with van der Waals surface area (Å²) >= 11 is 0. The van der Waals surface area contributed by atoms with Crippen molar-refractivity contribution in [2.24, 2.45) is 0 Å². The maximum atomic E-state index is 13.3. The first-order valence-corrected chi connectivity index (χ1v) is 10.6. The van der Waals surface area contributed by atoms with E-state index in [0.29, 0.717) is 44.2 Å². The number of hydrogen-bond acceptors (Lipinski definition) is 7. The Bertz CT molecular complexity index is 961. The van der Waals surface area contributed by atoms with Gasteiger partial charge in [-0.2, -0.15) is 9.97 Å². The molecule has 8 nitrogen and oxygen atoms in total. The number of anilines is 2. The molecule has 2 aliphatic rings. The summed E-state index contributed by atoms with van der Waals surface area (Å²) in [6, 6.07) is 7.94. The molecular formula is C22H27F2N5O3. The number of rotatable bonds is 8. The molecule has 2 aliphatic heterocycles. The van der Waals surface area contributed by atoms with Gasteiger partial charge in [0.1, 0.15) is 18.2 Å². The van der Waals surface area contributed by atoms with E-state index in [4.69, 9.17) is 15.2 Å². The third-order valence-electron chi connectivity index (χ3n) is 5.76. The first kappa shape index (κ1) is 22.3. The molecule has 2 aromatic rings. The quantitative estimate of drug-likeness (QED) is 0.621. The second-order valence-corrected chi connectivity index (χ2v) is 8.14. The normalized spacial score (nSPS) is 18.1. The summed E-state index contributed by atoms with van der Waals surface area (Å²) in [4.78, 5) is 24.8. The molecule has 0 aliphatic carbocycles. The second-order valence-electron chi connectivity index (χ2n) is 8.14. The Morgan fingerprint density at radius 3 is 2.38 bits per heavy atom. The van der Waals surface area contributed by atoms with Gasteiger partial charge in [-0.1, -0.05) is 24.3 Å². The Morgan fingerprint density at radius 1 is 1.06 bits per heavy atom. The first-order valence-electron chi connectivity index (χ1n) is 10.6. The molecule has 1 saturated heterocycles. The lowest BCUT2D eigenvalue weighted by atomic mass is 10.1. The van der Waals surface area contributed by atoms with Crippen molar-refractivity contribution in [3.8, 4) is 6.01 Å². The number of carbonyl (C=O) groups is 1. The molecule has 4 rings (SSSR count). The summed E-state index contributed by atoms with van der Waals surface area (Å²) < 4.78 is 37.1. The molecule has 1 aromatic heterocycles. The number of nitrogen functional groups attached to an aromatic ring is 1. The van der Waals surface area contributed by atoms with E-state index in [0.717, 1.165) is 11.1 Å². The molecule has 1 aromatic carbocycles. The lowest BCUT2D eigenvalue weighted by Gasteiger charge is -2.31. The Labute approximate surface area is 185 Å². The fourth-order valence-electron chi connectivity index (χ4n) is 3.90. The van der Waals surface area contributed by atoms with Crippen molar-refractivity contribution in [1.82, 2.24) is 14.9 Å². The minimum Gasteiger partial charge on any atom is -0.461 e. The number of amides is 1. The number of benzene rings is 1. The van der Waals surface area contributed by atoms with Gasteiger partial charge in [0.2, 0.25) is 5.91 Å². The number of likely N-dealkylation sites (tertiary alicyclic amines) is 1. The first-order chi connectivity index (χ1) is 15.3. The smallest absolute Gasteiger partial charge is 0.320 e. The molecule has 0 bridgehead atoms. The molecule has 1 fully saturated rings. The van der Waals surface area contributed by atoms with Crippen LogP contribution in [0.2, 0.25) is 0 Å². The third-order valence-corrected chi connectivity index (χ3v) is 5.76. The van der Waals surface area contributed by atoms with Gasteiger partial charge in [-0.05, 0) is 11.1 Å². The van der Waals surface area contributed by atoms with E-state index in [9.17, 15) is 13.6 Å². The molecule has 0 atom stereocenters. The Morgan fingerprint density at radius 2 is 1.72 bits per heavy atom. The van der Waals surface area contributed by atoms with Gasteiger partial charge >= 0.3 is 6.01 Å². The molecule has 3 heterocycles. The van der Waals surface area contributed by atoms with Gasteiger partial charge < -0.3 is 15.2 Å². The van der Waals surface area contributed by atoms with Crippen LogP contribution in [0, 0.1) is 0 Å². The summed E-state index contributed by atoms with van der Waals surface area (Å²) in [5.74, 6) is -1.94. The number of piperidine rings is 1. The van der Waals surface area contributed by atoms with Crippen LogP contribution in [-0.4, -0.2) is 60.1 Å². The predicted octanol–water partition coefficient (Wildman–Crippen LogP) is 2.40. The zero-order valence-electron chi connectivity index (χ0n) is 18.0. The van der Waals surface area contributed by atoms with Gasteiger partial charge in [-0.15, -0.1) is 0 Å². The lowest BCUT2D eigenvalue weighted by molar-refractivity contribution is -0.117. The third kappa shape index (κ3) is 5.13. The van der Waals surface area contributed by atoms with Gasteiger partial charge in [0.25, 0.3) is 5.92 Å². The Hall–Kier alpha value is -2.85. The molecular weight excluding hydrogens is 420 g/mol. The van der Waals surface area contributed by atoms with Gasteiger partial charge in [0.05, 0.1) is 19.6 Å². The van der Waals surface area contributed by atoms with Crippen LogP contribution < -0.4 is 15.4 Å². The molecule has 32 heavy (non-hydrogen) atoms. The van der Waals surface area contributed by atoms with E-state index < -0.39 is 5.92 Å². The highest BCUT2D eigenvalue weighted by Gasteiger charge is 2.34. The van der Waals surface area contributed by atoms with Gasteiger partial charge in [0.15, 0.2) is 0 Å². The number of alkyl halides is 2. The van der Waals surface area contributed by atoms with Crippen molar-refractivity contribution in [2.45, 2.75) is 38.3 Å². The van der Waals surface area contributed by atoms with Crippen molar-refractivity contribution < 1.29 is 23.0 Å². The molecule has 0 saturated carbocycles. The van der Waals surface area contributed by atoms with Gasteiger partial charge in [0, 0.05) is 45.1 Å². The van der Waals surface area contributed by atoms with E-state index in [1.165, 1.54) is 0 Å². The van der Waals surface area contributed by atoms with Crippen LogP contribution in [0.25, 0.3) is 0 Å². The Kier molecular flexibility index (Phi) is 6.52. The monoisotopic (exact) mass is 447 g/mol. The van der Waals surface area contributed by atoms with E-state index in [1.807, 2.05) is 29.2 Å². The minimum atomic E-state index is -2.54. The fraction of sp³-hybridized carbons (Fsp3) is 0.500. The molecule has 0 unspecified atom stereocenters. The van der Waals surface area contributed by atoms with Crippen LogP contribution in [0.4, 0.5) is 20.4 Å². The van der Waals surface area contributed by atoms with Crippen molar-refractivity contribution in [1.29, 1.82) is 0 Å². The highest BCUT2D eigenvalue weighted by Crippen LogP contribution is 2.33. The number of aromatic nitrogens is 2. The van der Waals surface area contributed by atoms with Crippen LogP contribution >= 0.6 is 0 Å². The van der Waals surface area contributed by atoms with Crippen LogP contribution in [-0.2, 0) is 29.0 Å². The fourth-order valence-corrected chi connectivity index (χ4v) is 3.90. The molecule has 0 radical (unpaired) electrons. The molecule has 172 valence electrons. The maximum absolute atomic E-state index is 13.3. The summed E-state index contributed by atoms with van der Waals surface area (Å²) in [5, 5.41) is 0. The van der Waals surface area contributed by atoms with Gasteiger partial charge in [-0.25, -0.2) is 8.78 Å².